The van der Waals surface area contributed by atoms with Crippen LogP contribution in [0.25, 0.3) is 11.0 Å². The average molecular weight is 467 g/mol. The van der Waals surface area contributed by atoms with Gasteiger partial charge in [0.2, 0.25) is 0 Å². The molecule has 2 N–H and O–H groups in total. The first-order valence-electron chi connectivity index (χ1n) is 6.93. The number of para-hydroxylation sites is 1. The van der Waals surface area contributed by atoms with Crippen molar-refractivity contribution in [3.8, 4) is 0 Å². The van der Waals surface area contributed by atoms with Crippen molar-refractivity contribution in [2.45, 2.75) is 0 Å². The third kappa shape index (κ3) is 3.49. The molecule has 1 heterocycles. The number of nitrogens with one attached hydrogen (secondary N) is 1. The number of hydrogen-bond acceptors (Lipinski definition) is 4. The zero-order valence-electron chi connectivity index (χ0n) is 12.4. The zero-order chi connectivity index (χ0) is 18.1. The van der Waals surface area contributed by atoms with Crippen LogP contribution in [0.5, 0.6) is 0 Å². The molecule has 25 heavy (non-hydrogen) atoms. The molecule has 0 aliphatic rings. The van der Waals surface area contributed by atoms with Crippen molar-refractivity contribution in [3.05, 3.63) is 73.0 Å². The number of fused-ring (bicyclic) bond motifs is 1. The van der Waals surface area contributed by atoms with Gasteiger partial charge < -0.3 is 14.8 Å². The number of hydrogen-bond donors (Lipinski definition) is 2. The molecule has 3 aromatic rings. The van der Waals surface area contributed by atoms with E-state index in [9.17, 15) is 14.4 Å². The van der Waals surface area contributed by atoms with Crippen LogP contribution in [0, 0.1) is 0 Å². The minimum Gasteiger partial charge on any atom is -0.478 e. The number of carboxylic acids is 1. The monoisotopic (exact) mass is 465 g/mol. The molecule has 0 fully saturated rings. The summed E-state index contributed by atoms with van der Waals surface area (Å²) < 4.78 is 6.52. The van der Waals surface area contributed by atoms with E-state index in [1.807, 2.05) is 0 Å². The Morgan fingerprint density at radius 2 is 1.76 bits per heavy atom. The SMILES string of the molecule is O=C(O)c1ccccc1NC(=O)c1cc2cc(Br)cc(Br)c2oc1=O. The number of carbonyl (C=O) groups is 2. The summed E-state index contributed by atoms with van der Waals surface area (Å²) in [6, 6.07) is 10.7. The van der Waals surface area contributed by atoms with E-state index in [0.29, 0.717) is 15.4 Å². The fraction of sp³-hybridized carbons (Fsp3) is 0. The molecule has 0 atom stereocenters. The Bertz CT molecular complexity index is 1070. The van der Waals surface area contributed by atoms with Crippen LogP contribution in [-0.2, 0) is 0 Å². The predicted molar refractivity (Wildman–Crippen MR) is 99.2 cm³/mol. The Balaban J connectivity index is 2.05. The van der Waals surface area contributed by atoms with Crippen LogP contribution in [0.15, 0.2) is 60.6 Å². The van der Waals surface area contributed by atoms with E-state index in [2.05, 4.69) is 37.2 Å². The van der Waals surface area contributed by atoms with Crippen molar-refractivity contribution < 1.29 is 19.1 Å². The Morgan fingerprint density at radius 1 is 1.04 bits per heavy atom. The van der Waals surface area contributed by atoms with Gasteiger partial charge in [0.15, 0.2) is 5.58 Å². The van der Waals surface area contributed by atoms with Gasteiger partial charge in [-0.1, -0.05) is 28.1 Å². The van der Waals surface area contributed by atoms with Crippen LogP contribution < -0.4 is 10.9 Å². The quantitative estimate of drug-likeness (QED) is 0.562. The van der Waals surface area contributed by atoms with E-state index >= 15 is 0 Å². The van der Waals surface area contributed by atoms with Crippen LogP contribution in [-0.4, -0.2) is 17.0 Å². The van der Waals surface area contributed by atoms with Gasteiger partial charge in [-0.2, -0.15) is 0 Å². The third-order valence-electron chi connectivity index (χ3n) is 3.40. The molecule has 0 radical (unpaired) electrons. The molecule has 3 rings (SSSR count). The Labute approximate surface area is 157 Å². The maximum Gasteiger partial charge on any atom is 0.349 e. The first-order chi connectivity index (χ1) is 11.9. The van der Waals surface area contributed by atoms with Gasteiger partial charge >= 0.3 is 11.6 Å². The van der Waals surface area contributed by atoms with Crippen molar-refractivity contribution in [3.63, 3.8) is 0 Å². The van der Waals surface area contributed by atoms with Crippen molar-refractivity contribution in [2.75, 3.05) is 5.32 Å². The smallest absolute Gasteiger partial charge is 0.349 e. The normalized spacial score (nSPS) is 10.6. The Morgan fingerprint density at radius 3 is 2.48 bits per heavy atom. The van der Waals surface area contributed by atoms with E-state index in [4.69, 9.17) is 9.52 Å². The lowest BCUT2D eigenvalue weighted by molar-refractivity contribution is 0.0698. The van der Waals surface area contributed by atoms with E-state index < -0.39 is 17.5 Å². The molecule has 0 aliphatic heterocycles. The number of carbonyl (C=O) groups excluding carboxylic acids is 1. The zero-order valence-corrected chi connectivity index (χ0v) is 15.5. The van der Waals surface area contributed by atoms with Crippen molar-refractivity contribution in [1.82, 2.24) is 0 Å². The van der Waals surface area contributed by atoms with E-state index in [1.165, 1.54) is 18.2 Å². The highest BCUT2D eigenvalue weighted by Crippen LogP contribution is 2.28. The Hall–Kier alpha value is -2.45. The number of amides is 1. The summed E-state index contributed by atoms with van der Waals surface area (Å²) >= 11 is 6.62. The van der Waals surface area contributed by atoms with Gasteiger partial charge in [0.1, 0.15) is 5.56 Å². The summed E-state index contributed by atoms with van der Waals surface area (Å²) in [7, 11) is 0. The summed E-state index contributed by atoms with van der Waals surface area (Å²) in [6.07, 6.45) is 0. The molecule has 0 unspecified atom stereocenters. The number of halogens is 2. The average Bonchev–Trinajstić information content (AvgIpc) is 2.55. The van der Waals surface area contributed by atoms with Crippen LogP contribution >= 0.6 is 31.9 Å². The number of anilines is 1. The van der Waals surface area contributed by atoms with E-state index in [1.54, 1.807) is 24.3 Å². The minimum absolute atomic E-state index is 0.0773. The van der Waals surface area contributed by atoms with Crippen molar-refractivity contribution in [2.24, 2.45) is 0 Å². The lowest BCUT2D eigenvalue weighted by Gasteiger charge is -2.08. The van der Waals surface area contributed by atoms with Gasteiger partial charge in [-0.25, -0.2) is 9.59 Å². The number of carboxylic acid groups (broad SMARTS) is 1. The predicted octanol–water partition coefficient (Wildman–Crippen LogP) is 4.27. The third-order valence-corrected chi connectivity index (χ3v) is 4.45. The van der Waals surface area contributed by atoms with Crippen LogP contribution in [0.4, 0.5) is 5.69 Å². The molecule has 0 saturated heterocycles. The molecule has 1 aromatic heterocycles. The second kappa shape index (κ2) is 6.81. The Kier molecular flexibility index (Phi) is 4.73. The summed E-state index contributed by atoms with van der Waals surface area (Å²) in [5, 5.41) is 12.1. The molecule has 0 bridgehead atoms. The number of aromatic carboxylic acids is 1. The molecule has 2 aromatic carbocycles. The standard InChI is InChI=1S/C17H9Br2NO5/c18-9-5-8-6-11(17(24)25-14(8)12(19)7-9)15(21)20-13-4-2-1-3-10(13)16(22)23/h1-7H,(H,20,21)(H,22,23). The maximum absolute atomic E-state index is 12.4. The van der Waals surface area contributed by atoms with Crippen LogP contribution in [0.2, 0.25) is 0 Å². The molecule has 1 amide bonds. The highest BCUT2D eigenvalue weighted by Gasteiger charge is 2.18. The molecule has 126 valence electrons. The highest BCUT2D eigenvalue weighted by molar-refractivity contribution is 9.11. The van der Waals surface area contributed by atoms with Gasteiger partial charge in [-0.05, 0) is 46.3 Å². The second-order valence-electron chi connectivity index (χ2n) is 5.06. The lowest BCUT2D eigenvalue weighted by Crippen LogP contribution is -2.21. The van der Waals surface area contributed by atoms with Crippen molar-refractivity contribution in [1.29, 1.82) is 0 Å². The largest absolute Gasteiger partial charge is 0.478 e. The van der Waals surface area contributed by atoms with Gasteiger partial charge in [-0.3, -0.25) is 4.79 Å². The first-order valence-corrected chi connectivity index (χ1v) is 8.52. The van der Waals surface area contributed by atoms with Gasteiger partial charge in [0, 0.05) is 9.86 Å². The van der Waals surface area contributed by atoms with Gasteiger partial charge in [0.25, 0.3) is 5.91 Å². The number of benzene rings is 2. The maximum atomic E-state index is 12.4. The fourth-order valence-corrected chi connectivity index (χ4v) is 3.62. The summed E-state index contributed by atoms with van der Waals surface area (Å²) in [6.45, 7) is 0. The van der Waals surface area contributed by atoms with Crippen molar-refractivity contribution >= 4 is 60.4 Å². The van der Waals surface area contributed by atoms with Gasteiger partial charge in [-0.15, -0.1) is 0 Å². The molecule has 0 saturated carbocycles. The fourth-order valence-electron chi connectivity index (χ4n) is 2.28. The molecular formula is C17H9Br2NO5. The van der Waals surface area contributed by atoms with E-state index in [-0.39, 0.29) is 16.8 Å². The van der Waals surface area contributed by atoms with Crippen LogP contribution in [0.1, 0.15) is 20.7 Å². The molecular weight excluding hydrogens is 458 g/mol. The molecule has 0 aliphatic carbocycles. The second-order valence-corrected chi connectivity index (χ2v) is 6.83. The summed E-state index contributed by atoms with van der Waals surface area (Å²) in [5.41, 5.74) is -0.712. The van der Waals surface area contributed by atoms with E-state index in [0.717, 1.165) is 4.47 Å². The highest BCUT2D eigenvalue weighted by atomic mass is 79.9. The molecule has 6 nitrogen and oxygen atoms in total. The van der Waals surface area contributed by atoms with Crippen LogP contribution in [0.3, 0.4) is 0 Å². The number of rotatable bonds is 3. The lowest BCUT2D eigenvalue weighted by atomic mass is 10.1. The van der Waals surface area contributed by atoms with Gasteiger partial charge in [0.05, 0.1) is 15.7 Å². The summed E-state index contributed by atoms with van der Waals surface area (Å²) in [5.74, 6) is -1.94. The summed E-state index contributed by atoms with van der Waals surface area (Å²) in [4.78, 5) is 35.8. The topological polar surface area (TPSA) is 96.6 Å². The minimum atomic E-state index is -1.19. The molecule has 8 heteroatoms. The first kappa shape index (κ1) is 17.4. The molecule has 0 spiro atoms.